The summed E-state index contributed by atoms with van der Waals surface area (Å²) in [4.78, 5) is 30.1. The minimum Gasteiger partial charge on any atom is -0.350 e. The third kappa shape index (κ3) is 9.41. The Kier molecular flexibility index (Phi) is 10.5. The molecule has 0 saturated heterocycles. The first-order valence-corrected chi connectivity index (χ1v) is 14.0. The molecule has 1 N–H and O–H groups in total. The number of amides is 2. The minimum absolute atomic E-state index is 0.101. The third-order valence-electron chi connectivity index (χ3n) is 5.73. The highest BCUT2D eigenvalue weighted by Gasteiger charge is 2.32. The molecule has 3 aromatic carbocycles. The number of thioether (sulfide) groups is 1. The van der Waals surface area contributed by atoms with Gasteiger partial charge in [-0.05, 0) is 63.1 Å². The summed E-state index contributed by atoms with van der Waals surface area (Å²) in [5.74, 6) is 0.308. The number of aryl methyl sites for hydroxylation is 1. The number of nitrogens with one attached hydrogen (secondary N) is 1. The first kappa shape index (κ1) is 29.1. The maximum Gasteiger partial charge on any atom is 0.243 e. The van der Waals surface area contributed by atoms with Gasteiger partial charge in [-0.25, -0.2) is 0 Å². The lowest BCUT2D eigenvalue weighted by atomic mass is 10.0. The molecule has 0 spiro atoms. The molecule has 37 heavy (non-hydrogen) atoms. The fourth-order valence-electron chi connectivity index (χ4n) is 3.87. The summed E-state index contributed by atoms with van der Waals surface area (Å²) in [6, 6.07) is 22.5. The van der Waals surface area contributed by atoms with Crippen LogP contribution in [0.5, 0.6) is 0 Å². The molecule has 2 amide bonds. The average Bonchev–Trinajstić information content (AvgIpc) is 2.83. The zero-order chi connectivity index (χ0) is 27.0. The quantitative estimate of drug-likeness (QED) is 0.266. The zero-order valence-corrected chi connectivity index (χ0v) is 24.1. The second-order valence-electron chi connectivity index (χ2n) is 10.1. The first-order valence-electron chi connectivity index (χ1n) is 12.3. The number of carbonyl (C=O) groups excluding carboxylic acids is 2. The van der Waals surface area contributed by atoms with Crippen LogP contribution < -0.4 is 5.32 Å². The predicted octanol–water partition coefficient (Wildman–Crippen LogP) is 7.34. The Morgan fingerprint density at radius 1 is 0.973 bits per heavy atom. The van der Waals surface area contributed by atoms with Crippen molar-refractivity contribution in [3.05, 3.63) is 99.5 Å². The Bertz CT molecular complexity index is 1190. The van der Waals surface area contributed by atoms with Crippen LogP contribution in [0.1, 0.15) is 43.9 Å². The Balaban J connectivity index is 1.89. The van der Waals surface area contributed by atoms with Crippen molar-refractivity contribution in [2.45, 2.75) is 63.6 Å². The van der Waals surface area contributed by atoms with Gasteiger partial charge in [0.25, 0.3) is 0 Å². The van der Waals surface area contributed by atoms with Crippen LogP contribution in [0.25, 0.3) is 0 Å². The van der Waals surface area contributed by atoms with Crippen LogP contribution >= 0.6 is 35.0 Å². The van der Waals surface area contributed by atoms with Crippen LogP contribution in [0.15, 0.2) is 77.7 Å². The van der Waals surface area contributed by atoms with Crippen LogP contribution in [0, 0.1) is 6.92 Å². The van der Waals surface area contributed by atoms with Crippen molar-refractivity contribution in [2.75, 3.05) is 5.75 Å². The van der Waals surface area contributed by atoms with E-state index < -0.39 is 11.6 Å². The fraction of sp³-hybridized carbons (Fsp3) is 0.333. The van der Waals surface area contributed by atoms with E-state index in [1.165, 1.54) is 5.56 Å². The molecule has 0 aliphatic rings. The van der Waals surface area contributed by atoms with Crippen molar-refractivity contribution in [1.82, 2.24) is 10.2 Å². The summed E-state index contributed by atoms with van der Waals surface area (Å²) in [6.07, 6.45) is 0.683. The molecular weight excluding hydrogens is 523 g/mol. The number of hydrogen-bond acceptors (Lipinski definition) is 3. The second kappa shape index (κ2) is 13.4. The third-order valence-corrected chi connectivity index (χ3v) is 7.33. The number of halogens is 2. The molecule has 3 rings (SSSR count). The van der Waals surface area contributed by atoms with Gasteiger partial charge in [0.1, 0.15) is 6.04 Å². The predicted molar refractivity (Wildman–Crippen MR) is 155 cm³/mol. The summed E-state index contributed by atoms with van der Waals surface area (Å²) >= 11 is 14.2. The molecule has 1 atom stereocenters. The van der Waals surface area contributed by atoms with Gasteiger partial charge in [0.15, 0.2) is 0 Å². The summed E-state index contributed by atoms with van der Waals surface area (Å²) in [7, 11) is 0. The normalized spacial score (nSPS) is 12.2. The van der Waals surface area contributed by atoms with Crippen LogP contribution in [0.3, 0.4) is 0 Å². The molecule has 0 bridgehead atoms. The fourth-order valence-corrected chi connectivity index (χ4v) is 5.18. The summed E-state index contributed by atoms with van der Waals surface area (Å²) < 4.78 is 0. The van der Waals surface area contributed by atoms with Crippen molar-refractivity contribution >= 4 is 46.8 Å². The minimum atomic E-state index is -0.703. The van der Waals surface area contributed by atoms with Gasteiger partial charge in [-0.1, -0.05) is 77.3 Å². The SMILES string of the molecule is Cc1ccc(SCCC(=O)N(Cc2ccc(Cl)cc2Cl)[C@H](Cc2ccccc2)C(=O)NC(C)(C)C)cc1. The highest BCUT2D eigenvalue weighted by atomic mass is 35.5. The smallest absolute Gasteiger partial charge is 0.243 e. The van der Waals surface area contributed by atoms with E-state index in [9.17, 15) is 9.59 Å². The second-order valence-corrected chi connectivity index (χ2v) is 12.1. The van der Waals surface area contributed by atoms with E-state index >= 15 is 0 Å². The van der Waals surface area contributed by atoms with Crippen molar-refractivity contribution in [1.29, 1.82) is 0 Å². The Morgan fingerprint density at radius 3 is 2.27 bits per heavy atom. The van der Waals surface area contributed by atoms with E-state index in [-0.39, 0.29) is 24.8 Å². The molecule has 0 unspecified atom stereocenters. The molecule has 0 aromatic heterocycles. The Labute approximate surface area is 234 Å². The molecule has 0 aliphatic heterocycles. The average molecular weight is 558 g/mol. The zero-order valence-electron chi connectivity index (χ0n) is 21.8. The van der Waals surface area contributed by atoms with E-state index in [4.69, 9.17) is 23.2 Å². The summed E-state index contributed by atoms with van der Waals surface area (Å²) in [6.45, 7) is 8.06. The molecule has 3 aromatic rings. The maximum atomic E-state index is 13.7. The van der Waals surface area contributed by atoms with Crippen molar-refractivity contribution < 1.29 is 9.59 Å². The number of nitrogens with zero attached hydrogens (tertiary/aromatic N) is 1. The number of carbonyl (C=O) groups is 2. The van der Waals surface area contributed by atoms with Gasteiger partial charge < -0.3 is 10.2 Å². The van der Waals surface area contributed by atoms with Crippen LogP contribution in [-0.2, 0) is 22.6 Å². The largest absolute Gasteiger partial charge is 0.350 e. The molecule has 4 nitrogen and oxygen atoms in total. The molecule has 196 valence electrons. The first-order chi connectivity index (χ1) is 17.5. The van der Waals surface area contributed by atoms with Crippen molar-refractivity contribution in [3.8, 4) is 0 Å². The van der Waals surface area contributed by atoms with Gasteiger partial charge in [0.2, 0.25) is 11.8 Å². The van der Waals surface area contributed by atoms with E-state index in [2.05, 4.69) is 29.6 Å². The molecule has 0 fully saturated rings. The van der Waals surface area contributed by atoms with E-state index in [0.717, 1.165) is 16.0 Å². The van der Waals surface area contributed by atoms with Gasteiger partial charge >= 0.3 is 0 Å². The summed E-state index contributed by atoms with van der Waals surface area (Å²) in [5, 5.41) is 4.07. The highest BCUT2D eigenvalue weighted by molar-refractivity contribution is 7.99. The lowest BCUT2D eigenvalue weighted by Crippen LogP contribution is -2.54. The van der Waals surface area contributed by atoms with E-state index in [0.29, 0.717) is 22.2 Å². The van der Waals surface area contributed by atoms with Crippen molar-refractivity contribution in [2.24, 2.45) is 0 Å². The van der Waals surface area contributed by atoms with Crippen molar-refractivity contribution in [3.63, 3.8) is 0 Å². The number of benzene rings is 3. The van der Waals surface area contributed by atoms with Crippen LogP contribution in [0.4, 0.5) is 0 Å². The standard InChI is InChI=1S/C30H34Cl2N2O2S/c1-21-10-14-25(15-11-21)37-17-16-28(35)34(20-23-12-13-24(31)19-26(23)32)27(29(36)33-30(2,3)4)18-22-8-6-5-7-9-22/h5-15,19,27H,16-18,20H2,1-4H3,(H,33,36)/t27-/m1/s1. The van der Waals surface area contributed by atoms with Crippen LogP contribution in [0.2, 0.25) is 10.0 Å². The van der Waals surface area contributed by atoms with E-state index in [1.54, 1.807) is 28.8 Å². The van der Waals surface area contributed by atoms with Gasteiger partial charge in [0, 0.05) is 45.6 Å². The van der Waals surface area contributed by atoms with Crippen LogP contribution in [-0.4, -0.2) is 34.0 Å². The van der Waals surface area contributed by atoms with Gasteiger partial charge in [-0.15, -0.1) is 11.8 Å². The summed E-state index contributed by atoms with van der Waals surface area (Å²) in [5.41, 5.74) is 2.47. The van der Waals surface area contributed by atoms with Gasteiger partial charge in [0.05, 0.1) is 0 Å². The topological polar surface area (TPSA) is 49.4 Å². The number of rotatable bonds is 10. The molecule has 0 saturated carbocycles. The monoisotopic (exact) mass is 556 g/mol. The van der Waals surface area contributed by atoms with E-state index in [1.807, 2.05) is 64.1 Å². The van der Waals surface area contributed by atoms with Gasteiger partial charge in [-0.2, -0.15) is 0 Å². The van der Waals surface area contributed by atoms with Gasteiger partial charge in [-0.3, -0.25) is 9.59 Å². The molecule has 7 heteroatoms. The lowest BCUT2D eigenvalue weighted by molar-refractivity contribution is -0.141. The molecule has 0 aliphatic carbocycles. The highest BCUT2D eigenvalue weighted by Crippen LogP contribution is 2.26. The molecular formula is C30H34Cl2N2O2S. The Morgan fingerprint density at radius 2 is 1.65 bits per heavy atom. The lowest BCUT2D eigenvalue weighted by Gasteiger charge is -2.34. The molecule has 0 radical (unpaired) electrons. The molecule has 0 heterocycles. The number of hydrogen-bond donors (Lipinski definition) is 1. The maximum absolute atomic E-state index is 13.7. The Hall–Kier alpha value is -2.47.